The summed E-state index contributed by atoms with van der Waals surface area (Å²) in [5.41, 5.74) is 10.5. The number of nitrogens with one attached hydrogen (secondary N) is 1. The van der Waals surface area contributed by atoms with Gasteiger partial charge in [-0.3, -0.25) is 4.79 Å². The van der Waals surface area contributed by atoms with Crippen molar-refractivity contribution in [2.45, 2.75) is 38.5 Å². The summed E-state index contributed by atoms with van der Waals surface area (Å²) in [6, 6.07) is 7.94. The lowest BCUT2D eigenvalue weighted by Crippen LogP contribution is -2.45. The Bertz CT molecular complexity index is 1130. The van der Waals surface area contributed by atoms with E-state index in [1.165, 1.54) is 0 Å². The molecule has 164 valence electrons. The van der Waals surface area contributed by atoms with Gasteiger partial charge in [0.25, 0.3) is 5.91 Å². The SMILES string of the molecule is CCn1c(C2Nc3cc(C(=O)N4CCCC(N)C4)cc(OC)c3N2C)cc2ccoc21. The molecule has 8 nitrogen and oxygen atoms in total. The number of rotatable bonds is 4. The van der Waals surface area contributed by atoms with Gasteiger partial charge in [-0.15, -0.1) is 0 Å². The van der Waals surface area contributed by atoms with Gasteiger partial charge in [0.05, 0.1) is 24.8 Å². The molecule has 0 spiro atoms. The van der Waals surface area contributed by atoms with Crippen LogP contribution in [0.1, 0.15) is 42.0 Å². The van der Waals surface area contributed by atoms with Gasteiger partial charge in [-0.1, -0.05) is 0 Å². The van der Waals surface area contributed by atoms with Gasteiger partial charge in [-0.2, -0.15) is 0 Å². The van der Waals surface area contributed by atoms with E-state index in [4.69, 9.17) is 14.9 Å². The molecule has 4 heterocycles. The summed E-state index contributed by atoms with van der Waals surface area (Å²) < 4.78 is 13.6. The minimum Gasteiger partial charge on any atom is -0.494 e. The van der Waals surface area contributed by atoms with E-state index in [0.29, 0.717) is 17.9 Å². The highest BCUT2D eigenvalue weighted by Crippen LogP contribution is 2.47. The molecule has 2 atom stereocenters. The minimum absolute atomic E-state index is 0.00130. The first-order chi connectivity index (χ1) is 15.0. The Morgan fingerprint density at radius 1 is 1.35 bits per heavy atom. The van der Waals surface area contributed by atoms with E-state index >= 15 is 0 Å². The highest BCUT2D eigenvalue weighted by Gasteiger charge is 2.34. The molecule has 1 aromatic carbocycles. The molecule has 31 heavy (non-hydrogen) atoms. The van der Waals surface area contributed by atoms with Crippen LogP contribution >= 0.6 is 0 Å². The molecule has 1 fully saturated rings. The van der Waals surface area contributed by atoms with Gasteiger partial charge in [0.1, 0.15) is 17.6 Å². The molecule has 2 aliphatic rings. The van der Waals surface area contributed by atoms with Crippen LogP contribution in [0.2, 0.25) is 0 Å². The molecule has 8 heteroatoms. The Labute approximate surface area is 181 Å². The van der Waals surface area contributed by atoms with Gasteiger partial charge in [-0.05, 0) is 44.0 Å². The van der Waals surface area contributed by atoms with Crippen molar-refractivity contribution >= 4 is 28.4 Å². The van der Waals surface area contributed by atoms with Crippen LogP contribution < -0.4 is 20.7 Å². The number of piperidine rings is 1. The largest absolute Gasteiger partial charge is 0.494 e. The van der Waals surface area contributed by atoms with E-state index in [0.717, 1.165) is 54.1 Å². The Kier molecular flexibility index (Phi) is 4.81. The molecular weight excluding hydrogens is 394 g/mol. The van der Waals surface area contributed by atoms with Crippen molar-refractivity contribution in [2.24, 2.45) is 5.73 Å². The number of ether oxygens (including phenoxy) is 1. The molecule has 1 saturated heterocycles. The molecule has 3 N–H and O–H groups in total. The zero-order chi connectivity index (χ0) is 21.7. The number of amides is 1. The van der Waals surface area contributed by atoms with Gasteiger partial charge in [-0.25, -0.2) is 0 Å². The van der Waals surface area contributed by atoms with Crippen molar-refractivity contribution in [3.05, 3.63) is 41.8 Å². The smallest absolute Gasteiger partial charge is 0.254 e. The first kappa shape index (κ1) is 19.8. The Morgan fingerprint density at radius 3 is 2.94 bits per heavy atom. The van der Waals surface area contributed by atoms with E-state index < -0.39 is 0 Å². The van der Waals surface area contributed by atoms with Crippen LogP contribution in [0, 0.1) is 0 Å². The molecule has 5 rings (SSSR count). The average Bonchev–Trinajstić information content (AvgIpc) is 3.45. The number of furan rings is 1. The number of carbonyl (C=O) groups excluding carboxylic acids is 1. The van der Waals surface area contributed by atoms with Crippen molar-refractivity contribution in [1.82, 2.24) is 9.47 Å². The van der Waals surface area contributed by atoms with E-state index in [2.05, 4.69) is 27.8 Å². The highest BCUT2D eigenvalue weighted by atomic mass is 16.5. The lowest BCUT2D eigenvalue weighted by molar-refractivity contribution is 0.0708. The average molecular weight is 424 g/mol. The van der Waals surface area contributed by atoms with Crippen LogP contribution in [0.25, 0.3) is 11.1 Å². The van der Waals surface area contributed by atoms with E-state index in [-0.39, 0.29) is 18.1 Å². The number of hydrogen-bond donors (Lipinski definition) is 2. The Morgan fingerprint density at radius 2 is 2.19 bits per heavy atom. The third-order valence-corrected chi connectivity index (χ3v) is 6.45. The van der Waals surface area contributed by atoms with Crippen molar-refractivity contribution in [1.29, 1.82) is 0 Å². The third kappa shape index (κ3) is 3.13. The maximum Gasteiger partial charge on any atom is 0.254 e. The van der Waals surface area contributed by atoms with Crippen LogP contribution in [0.15, 0.2) is 34.9 Å². The first-order valence-electron chi connectivity index (χ1n) is 10.8. The topological polar surface area (TPSA) is 88.9 Å². The summed E-state index contributed by atoms with van der Waals surface area (Å²) >= 11 is 0. The summed E-state index contributed by atoms with van der Waals surface area (Å²) in [4.78, 5) is 17.2. The second kappa shape index (κ2) is 7.53. The van der Waals surface area contributed by atoms with Crippen molar-refractivity contribution in [3.8, 4) is 5.75 Å². The fourth-order valence-corrected chi connectivity index (χ4v) is 4.93. The molecule has 0 bridgehead atoms. The van der Waals surface area contributed by atoms with E-state index in [1.54, 1.807) is 13.4 Å². The maximum atomic E-state index is 13.2. The first-order valence-corrected chi connectivity index (χ1v) is 10.8. The lowest BCUT2D eigenvalue weighted by atomic mass is 10.0. The van der Waals surface area contributed by atoms with Gasteiger partial charge >= 0.3 is 0 Å². The summed E-state index contributed by atoms with van der Waals surface area (Å²) in [6.45, 7) is 4.24. The van der Waals surface area contributed by atoms with Crippen LogP contribution in [0.4, 0.5) is 11.4 Å². The van der Waals surface area contributed by atoms with Gasteiger partial charge in [0, 0.05) is 43.7 Å². The monoisotopic (exact) mass is 423 g/mol. The molecule has 2 aromatic heterocycles. The molecule has 3 aromatic rings. The number of methoxy groups -OCH3 is 1. The molecular formula is C23H29N5O3. The van der Waals surface area contributed by atoms with Gasteiger partial charge in [0.2, 0.25) is 5.71 Å². The zero-order valence-electron chi connectivity index (χ0n) is 18.2. The molecule has 2 aliphatic heterocycles. The number of nitrogens with two attached hydrogens (primary N) is 1. The lowest BCUT2D eigenvalue weighted by Gasteiger charge is -2.31. The van der Waals surface area contributed by atoms with Crippen LogP contribution in [-0.4, -0.2) is 48.7 Å². The standard InChI is InChI=1S/C23H29N5O3/c1-4-28-18(11-14-7-9-31-23(14)28)21-25-17-10-15(12-19(30-3)20(17)26(21)2)22(29)27-8-5-6-16(24)13-27/h7,9-12,16,21,25H,4-6,8,13,24H2,1-3H3. The van der Waals surface area contributed by atoms with Crippen molar-refractivity contribution in [3.63, 3.8) is 0 Å². The summed E-state index contributed by atoms with van der Waals surface area (Å²) in [6.07, 6.45) is 3.52. The number of anilines is 2. The van der Waals surface area contributed by atoms with Crippen LogP contribution in [-0.2, 0) is 6.54 Å². The number of carbonyl (C=O) groups is 1. The number of aryl methyl sites for hydroxylation is 1. The fraction of sp³-hybridized carbons (Fsp3) is 0.435. The molecule has 0 radical (unpaired) electrons. The predicted molar refractivity (Wildman–Crippen MR) is 121 cm³/mol. The van der Waals surface area contributed by atoms with Crippen molar-refractivity contribution in [2.75, 3.05) is 37.5 Å². The number of nitrogens with zero attached hydrogens (tertiary/aromatic N) is 3. The number of hydrogen-bond acceptors (Lipinski definition) is 6. The predicted octanol–water partition coefficient (Wildman–Crippen LogP) is 3.39. The number of benzene rings is 1. The third-order valence-electron chi connectivity index (χ3n) is 6.45. The highest BCUT2D eigenvalue weighted by molar-refractivity contribution is 5.99. The minimum atomic E-state index is -0.0970. The number of aromatic nitrogens is 1. The molecule has 1 amide bonds. The quantitative estimate of drug-likeness (QED) is 0.669. The fourth-order valence-electron chi connectivity index (χ4n) is 4.93. The van der Waals surface area contributed by atoms with Gasteiger partial charge in [0.15, 0.2) is 0 Å². The Hall–Kier alpha value is -3.13. The molecule has 2 unspecified atom stereocenters. The van der Waals surface area contributed by atoms with E-state index in [9.17, 15) is 4.79 Å². The summed E-state index contributed by atoms with van der Waals surface area (Å²) in [7, 11) is 3.68. The number of fused-ring (bicyclic) bond motifs is 2. The molecule has 0 saturated carbocycles. The van der Waals surface area contributed by atoms with Crippen molar-refractivity contribution < 1.29 is 13.9 Å². The van der Waals surface area contributed by atoms with Gasteiger partial charge < -0.3 is 34.6 Å². The Balaban J connectivity index is 1.51. The normalized spacial score (nSPS) is 20.8. The molecule has 0 aliphatic carbocycles. The zero-order valence-corrected chi connectivity index (χ0v) is 18.2. The summed E-state index contributed by atoms with van der Waals surface area (Å²) in [5, 5.41) is 4.67. The number of likely N-dealkylation sites (tertiary alicyclic amines) is 1. The second-order valence-electron chi connectivity index (χ2n) is 8.38. The summed E-state index contributed by atoms with van der Waals surface area (Å²) in [5.74, 6) is 0.677. The maximum absolute atomic E-state index is 13.2. The van der Waals surface area contributed by atoms with E-state index in [1.807, 2.05) is 30.1 Å². The van der Waals surface area contributed by atoms with Crippen LogP contribution in [0.5, 0.6) is 5.75 Å². The van der Waals surface area contributed by atoms with Crippen LogP contribution in [0.3, 0.4) is 0 Å². The second-order valence-corrected chi connectivity index (χ2v) is 8.38.